The molecule has 1 saturated carbocycles. The van der Waals surface area contributed by atoms with Crippen LogP contribution < -0.4 is 20.1 Å². The van der Waals surface area contributed by atoms with Crippen molar-refractivity contribution in [3.05, 3.63) is 77.9 Å². The minimum atomic E-state index is -0.916. The molecular weight excluding hydrogens is 451 g/mol. The van der Waals surface area contributed by atoms with Crippen molar-refractivity contribution in [2.24, 2.45) is 0 Å². The number of amides is 2. The summed E-state index contributed by atoms with van der Waals surface area (Å²) in [6.07, 6.45) is 5.97. The number of ether oxygens (including phenoxy) is 2. The van der Waals surface area contributed by atoms with Crippen molar-refractivity contribution >= 4 is 11.8 Å². The Kier molecular flexibility index (Phi) is 7.24. The molecule has 1 atom stereocenters. The van der Waals surface area contributed by atoms with Crippen molar-refractivity contribution in [3.63, 3.8) is 0 Å². The molecule has 35 heavy (non-hydrogen) atoms. The van der Waals surface area contributed by atoms with Gasteiger partial charge in [-0.05, 0) is 55.2 Å². The molecular formula is C26H27FN4O4. The minimum Gasteiger partial charge on any atom is -0.497 e. The normalized spacial score (nSPS) is 14.5. The van der Waals surface area contributed by atoms with Gasteiger partial charge in [-0.15, -0.1) is 0 Å². The van der Waals surface area contributed by atoms with E-state index in [2.05, 4.69) is 20.6 Å². The van der Waals surface area contributed by atoms with Gasteiger partial charge in [0.05, 0.1) is 18.7 Å². The van der Waals surface area contributed by atoms with Gasteiger partial charge >= 0.3 is 0 Å². The standard InChI is InChI=1S/C26H27FN4O4/c1-3-22(30-25(33)26(10-11-26)31-24(32)19-14-28-16-29-15-19)17-4-6-20(7-5-17)35-23-9-8-21(34-2)12-18(23)13-27/h4-9,12,14-16,22H,3,10-11,13H2,1-2H3,(H,30,33)(H,31,32). The van der Waals surface area contributed by atoms with E-state index < -0.39 is 12.2 Å². The summed E-state index contributed by atoms with van der Waals surface area (Å²) in [5, 5.41) is 5.88. The van der Waals surface area contributed by atoms with Gasteiger partial charge in [0.1, 0.15) is 35.8 Å². The lowest BCUT2D eigenvalue weighted by Crippen LogP contribution is -2.49. The molecule has 4 rings (SSSR count). The molecule has 182 valence electrons. The molecule has 2 aromatic carbocycles. The molecule has 0 saturated heterocycles. The number of nitrogens with one attached hydrogen (secondary N) is 2. The fourth-order valence-electron chi connectivity index (χ4n) is 3.74. The number of carbonyl (C=O) groups is 2. The molecule has 1 aliphatic rings. The van der Waals surface area contributed by atoms with Crippen LogP contribution in [0.3, 0.4) is 0 Å². The maximum absolute atomic E-state index is 13.4. The first kappa shape index (κ1) is 24.1. The highest BCUT2D eigenvalue weighted by molar-refractivity contribution is 6.00. The number of nitrogens with zero attached hydrogens (tertiary/aromatic N) is 2. The van der Waals surface area contributed by atoms with Crippen LogP contribution in [0.4, 0.5) is 4.39 Å². The Morgan fingerprint density at radius 2 is 1.77 bits per heavy atom. The number of halogens is 1. The molecule has 1 fully saturated rings. The first-order valence-corrected chi connectivity index (χ1v) is 11.4. The van der Waals surface area contributed by atoms with E-state index in [9.17, 15) is 14.0 Å². The number of hydrogen-bond donors (Lipinski definition) is 2. The zero-order valence-electron chi connectivity index (χ0n) is 19.6. The Bertz CT molecular complexity index is 1180. The Morgan fingerprint density at radius 1 is 1.09 bits per heavy atom. The lowest BCUT2D eigenvalue weighted by atomic mass is 10.0. The molecule has 1 aliphatic carbocycles. The number of alkyl halides is 1. The average molecular weight is 479 g/mol. The maximum Gasteiger partial charge on any atom is 0.255 e. The SMILES string of the molecule is CCC(NC(=O)C1(NC(=O)c2cncnc2)CC1)c1ccc(Oc2ccc(OC)cc2CF)cc1. The Hall–Kier alpha value is -4.01. The van der Waals surface area contributed by atoms with Crippen LogP contribution in [-0.4, -0.2) is 34.4 Å². The van der Waals surface area contributed by atoms with Gasteiger partial charge in [-0.3, -0.25) is 9.59 Å². The third-order valence-corrected chi connectivity index (χ3v) is 6.00. The van der Waals surface area contributed by atoms with Crippen LogP contribution in [0.15, 0.2) is 61.2 Å². The van der Waals surface area contributed by atoms with Gasteiger partial charge in [0.15, 0.2) is 0 Å². The summed E-state index contributed by atoms with van der Waals surface area (Å²) < 4.78 is 24.4. The maximum atomic E-state index is 13.4. The summed E-state index contributed by atoms with van der Waals surface area (Å²) in [4.78, 5) is 33.2. The van der Waals surface area contributed by atoms with Crippen LogP contribution in [0.25, 0.3) is 0 Å². The van der Waals surface area contributed by atoms with Crippen molar-refractivity contribution in [1.82, 2.24) is 20.6 Å². The van der Waals surface area contributed by atoms with E-state index in [1.807, 2.05) is 19.1 Å². The summed E-state index contributed by atoms with van der Waals surface area (Å²) in [7, 11) is 1.52. The van der Waals surface area contributed by atoms with Crippen molar-refractivity contribution < 1.29 is 23.5 Å². The van der Waals surface area contributed by atoms with Crippen LogP contribution in [0.2, 0.25) is 0 Å². The van der Waals surface area contributed by atoms with E-state index in [1.54, 1.807) is 30.3 Å². The number of methoxy groups -OCH3 is 1. The van der Waals surface area contributed by atoms with Gasteiger partial charge in [0, 0.05) is 18.0 Å². The molecule has 0 radical (unpaired) electrons. The molecule has 3 aromatic rings. The zero-order chi connectivity index (χ0) is 24.8. The van der Waals surface area contributed by atoms with Gasteiger partial charge in [-0.25, -0.2) is 14.4 Å². The fourth-order valence-corrected chi connectivity index (χ4v) is 3.74. The quantitative estimate of drug-likeness (QED) is 0.451. The molecule has 0 spiro atoms. The topological polar surface area (TPSA) is 102 Å². The van der Waals surface area contributed by atoms with Gasteiger partial charge < -0.3 is 20.1 Å². The van der Waals surface area contributed by atoms with E-state index >= 15 is 0 Å². The summed E-state index contributed by atoms with van der Waals surface area (Å²) in [6, 6.07) is 12.0. The van der Waals surface area contributed by atoms with Crippen LogP contribution in [0.1, 0.15) is 53.7 Å². The van der Waals surface area contributed by atoms with E-state index in [4.69, 9.17) is 9.47 Å². The monoisotopic (exact) mass is 478 g/mol. The highest BCUT2D eigenvalue weighted by Gasteiger charge is 2.51. The summed E-state index contributed by atoms with van der Waals surface area (Å²) in [5.74, 6) is 0.922. The number of carbonyl (C=O) groups excluding carboxylic acids is 2. The smallest absolute Gasteiger partial charge is 0.255 e. The first-order chi connectivity index (χ1) is 17.0. The molecule has 1 aromatic heterocycles. The molecule has 1 unspecified atom stereocenters. The summed E-state index contributed by atoms with van der Waals surface area (Å²) >= 11 is 0. The summed E-state index contributed by atoms with van der Waals surface area (Å²) in [6.45, 7) is 1.30. The van der Waals surface area contributed by atoms with Crippen molar-refractivity contribution in [1.29, 1.82) is 0 Å². The van der Waals surface area contributed by atoms with Gasteiger partial charge in [0.2, 0.25) is 5.91 Å². The first-order valence-electron chi connectivity index (χ1n) is 11.4. The predicted octanol–water partition coefficient (Wildman–Crippen LogP) is 4.28. The number of aromatic nitrogens is 2. The highest BCUT2D eigenvalue weighted by atomic mass is 19.1. The van der Waals surface area contributed by atoms with Crippen LogP contribution >= 0.6 is 0 Å². The number of hydrogen-bond acceptors (Lipinski definition) is 6. The van der Waals surface area contributed by atoms with E-state index in [1.165, 1.54) is 25.8 Å². The second kappa shape index (κ2) is 10.5. The molecule has 8 nitrogen and oxygen atoms in total. The predicted molar refractivity (Wildman–Crippen MR) is 127 cm³/mol. The molecule has 9 heteroatoms. The third kappa shape index (κ3) is 5.56. The number of benzene rings is 2. The molecule has 1 heterocycles. The molecule has 2 N–H and O–H groups in total. The molecule has 0 bridgehead atoms. The second-order valence-electron chi connectivity index (χ2n) is 8.38. The largest absolute Gasteiger partial charge is 0.497 e. The lowest BCUT2D eigenvalue weighted by Gasteiger charge is -2.23. The van der Waals surface area contributed by atoms with Crippen molar-refractivity contribution in [2.75, 3.05) is 7.11 Å². The second-order valence-corrected chi connectivity index (χ2v) is 8.38. The zero-order valence-corrected chi connectivity index (χ0v) is 19.6. The average Bonchev–Trinajstić information content (AvgIpc) is 3.69. The van der Waals surface area contributed by atoms with E-state index in [0.29, 0.717) is 47.6 Å². The van der Waals surface area contributed by atoms with Crippen LogP contribution in [0, 0.1) is 0 Å². The van der Waals surface area contributed by atoms with Gasteiger partial charge in [0.25, 0.3) is 5.91 Å². The van der Waals surface area contributed by atoms with E-state index in [-0.39, 0.29) is 17.9 Å². The molecule has 2 amide bonds. The Balaban J connectivity index is 1.40. The highest BCUT2D eigenvalue weighted by Crippen LogP contribution is 2.37. The van der Waals surface area contributed by atoms with Crippen LogP contribution in [-0.2, 0) is 11.5 Å². The van der Waals surface area contributed by atoms with Gasteiger partial charge in [-0.2, -0.15) is 0 Å². The Labute approximate surface area is 202 Å². The fraction of sp³-hybridized carbons (Fsp3) is 0.308. The lowest BCUT2D eigenvalue weighted by molar-refractivity contribution is -0.124. The van der Waals surface area contributed by atoms with Crippen LogP contribution in [0.5, 0.6) is 17.2 Å². The van der Waals surface area contributed by atoms with Crippen molar-refractivity contribution in [2.45, 2.75) is 44.4 Å². The Morgan fingerprint density at radius 3 is 2.37 bits per heavy atom. The van der Waals surface area contributed by atoms with Crippen molar-refractivity contribution in [3.8, 4) is 17.2 Å². The van der Waals surface area contributed by atoms with Gasteiger partial charge in [-0.1, -0.05) is 19.1 Å². The van der Waals surface area contributed by atoms with E-state index in [0.717, 1.165) is 5.56 Å². The number of rotatable bonds is 10. The summed E-state index contributed by atoms with van der Waals surface area (Å²) in [5.41, 5.74) is 0.681. The minimum absolute atomic E-state index is 0.222. The molecule has 0 aliphatic heterocycles. The third-order valence-electron chi connectivity index (χ3n) is 6.00.